The van der Waals surface area contributed by atoms with Gasteiger partial charge in [0.1, 0.15) is 11.8 Å². The van der Waals surface area contributed by atoms with Gasteiger partial charge >= 0.3 is 0 Å². The van der Waals surface area contributed by atoms with Crippen molar-refractivity contribution >= 4 is 0 Å². The van der Waals surface area contributed by atoms with Gasteiger partial charge in [-0.1, -0.05) is 12.1 Å². The second-order valence-electron chi connectivity index (χ2n) is 4.99. The molecule has 4 heteroatoms. The van der Waals surface area contributed by atoms with Crippen LogP contribution in [0, 0.1) is 11.3 Å². The van der Waals surface area contributed by atoms with Crippen LogP contribution in [-0.2, 0) is 6.54 Å². The lowest BCUT2D eigenvalue weighted by molar-refractivity contribution is 0.111. The molecule has 0 bridgehead atoms. The predicted molar refractivity (Wildman–Crippen MR) is 72.7 cm³/mol. The molecule has 19 heavy (non-hydrogen) atoms. The summed E-state index contributed by atoms with van der Waals surface area (Å²) >= 11 is 0. The Morgan fingerprint density at radius 3 is 3.11 bits per heavy atom. The van der Waals surface area contributed by atoms with Crippen LogP contribution in [0.1, 0.15) is 31.2 Å². The van der Waals surface area contributed by atoms with Gasteiger partial charge in [0.2, 0.25) is 0 Å². The van der Waals surface area contributed by atoms with Crippen LogP contribution in [0.15, 0.2) is 24.3 Å². The van der Waals surface area contributed by atoms with Crippen LogP contribution >= 0.6 is 0 Å². The third-order valence-corrected chi connectivity index (χ3v) is 3.44. The summed E-state index contributed by atoms with van der Waals surface area (Å²) in [6.45, 7) is 0.840. The Labute approximate surface area is 114 Å². The third-order valence-electron chi connectivity index (χ3n) is 3.44. The fraction of sp³-hybridized carbons (Fsp3) is 0.533. The Morgan fingerprint density at radius 2 is 2.32 bits per heavy atom. The van der Waals surface area contributed by atoms with E-state index in [-0.39, 0.29) is 12.7 Å². The zero-order valence-electron chi connectivity index (χ0n) is 11.0. The number of aliphatic hydroxyl groups is 1. The molecule has 0 radical (unpaired) electrons. The molecule has 1 aromatic rings. The van der Waals surface area contributed by atoms with Gasteiger partial charge < -0.3 is 15.2 Å². The Hall–Kier alpha value is -1.57. The first-order valence-corrected chi connectivity index (χ1v) is 6.78. The van der Waals surface area contributed by atoms with Gasteiger partial charge in [-0.2, -0.15) is 5.26 Å². The van der Waals surface area contributed by atoms with Crippen molar-refractivity contribution in [2.45, 2.75) is 44.4 Å². The highest BCUT2D eigenvalue weighted by atomic mass is 16.5. The van der Waals surface area contributed by atoms with Crippen LogP contribution in [0.4, 0.5) is 0 Å². The van der Waals surface area contributed by atoms with E-state index in [0.29, 0.717) is 6.04 Å². The molecule has 1 fully saturated rings. The van der Waals surface area contributed by atoms with E-state index >= 15 is 0 Å². The highest BCUT2D eigenvalue weighted by Crippen LogP contribution is 2.19. The standard InChI is InChI=1S/C15H20N2O2/c16-7-8-19-15-6-1-3-12(9-15)11-17-13-4-2-5-14(18)10-13/h1,3,6,9,13-14,17-18H,2,4-5,8,10-11H2. The first kappa shape index (κ1) is 13.9. The zero-order valence-corrected chi connectivity index (χ0v) is 11.0. The molecule has 0 saturated heterocycles. The molecule has 0 aliphatic heterocycles. The number of nitrogens with zero attached hydrogens (tertiary/aromatic N) is 1. The van der Waals surface area contributed by atoms with Crippen LogP contribution in [0.25, 0.3) is 0 Å². The maximum absolute atomic E-state index is 9.63. The van der Waals surface area contributed by atoms with E-state index in [9.17, 15) is 5.11 Å². The number of benzene rings is 1. The Bertz CT molecular complexity index is 442. The maximum Gasteiger partial charge on any atom is 0.174 e. The Kier molecular flexibility index (Phi) is 5.20. The van der Waals surface area contributed by atoms with Crippen LogP contribution < -0.4 is 10.1 Å². The summed E-state index contributed by atoms with van der Waals surface area (Å²) in [7, 11) is 0. The average Bonchev–Trinajstić information content (AvgIpc) is 2.43. The molecule has 2 unspecified atom stereocenters. The number of nitrogens with one attached hydrogen (secondary N) is 1. The van der Waals surface area contributed by atoms with Gasteiger partial charge in [0, 0.05) is 12.6 Å². The van der Waals surface area contributed by atoms with Crippen molar-refractivity contribution in [1.82, 2.24) is 5.32 Å². The highest BCUT2D eigenvalue weighted by Gasteiger charge is 2.19. The van der Waals surface area contributed by atoms with Gasteiger partial charge in [-0.25, -0.2) is 0 Å². The minimum Gasteiger partial charge on any atom is -0.479 e. The van der Waals surface area contributed by atoms with Crippen LogP contribution in [0.2, 0.25) is 0 Å². The van der Waals surface area contributed by atoms with Gasteiger partial charge in [0.15, 0.2) is 6.61 Å². The van der Waals surface area contributed by atoms with Crippen molar-refractivity contribution < 1.29 is 9.84 Å². The summed E-state index contributed by atoms with van der Waals surface area (Å²) in [5.41, 5.74) is 1.13. The largest absolute Gasteiger partial charge is 0.479 e. The summed E-state index contributed by atoms with van der Waals surface area (Å²) in [5, 5.41) is 21.6. The van der Waals surface area contributed by atoms with Gasteiger partial charge in [0.05, 0.1) is 6.10 Å². The topological polar surface area (TPSA) is 65.3 Å². The summed E-state index contributed by atoms with van der Waals surface area (Å²) in [5.74, 6) is 0.726. The molecule has 2 atom stereocenters. The van der Waals surface area contributed by atoms with Crippen molar-refractivity contribution in [2.75, 3.05) is 6.61 Å². The Balaban J connectivity index is 1.83. The number of hydrogen-bond donors (Lipinski definition) is 2. The van der Waals surface area contributed by atoms with Crippen molar-refractivity contribution in [3.05, 3.63) is 29.8 Å². The number of ether oxygens (including phenoxy) is 1. The van der Waals surface area contributed by atoms with Crippen LogP contribution in [-0.4, -0.2) is 23.9 Å². The highest BCUT2D eigenvalue weighted by molar-refractivity contribution is 5.28. The molecule has 0 amide bonds. The lowest BCUT2D eigenvalue weighted by atomic mass is 9.93. The summed E-state index contributed by atoms with van der Waals surface area (Å²) < 4.78 is 5.28. The van der Waals surface area contributed by atoms with Crippen LogP contribution in [0.3, 0.4) is 0 Å². The van der Waals surface area contributed by atoms with Crippen molar-refractivity contribution in [1.29, 1.82) is 5.26 Å². The molecule has 0 aromatic heterocycles. The van der Waals surface area contributed by atoms with E-state index in [1.807, 2.05) is 30.3 Å². The van der Waals surface area contributed by atoms with E-state index in [2.05, 4.69) is 5.32 Å². The van der Waals surface area contributed by atoms with Crippen molar-refractivity contribution in [3.8, 4) is 11.8 Å². The molecule has 2 rings (SSSR count). The smallest absolute Gasteiger partial charge is 0.174 e. The van der Waals surface area contributed by atoms with Crippen molar-refractivity contribution in [3.63, 3.8) is 0 Å². The Morgan fingerprint density at radius 1 is 1.42 bits per heavy atom. The maximum atomic E-state index is 9.63. The van der Waals surface area contributed by atoms with E-state index in [1.165, 1.54) is 0 Å². The SMILES string of the molecule is N#CCOc1cccc(CNC2CCCC(O)C2)c1. The van der Waals surface area contributed by atoms with Gasteiger partial charge in [0.25, 0.3) is 0 Å². The summed E-state index contributed by atoms with van der Waals surface area (Å²) in [6, 6.07) is 10.1. The molecule has 0 heterocycles. The fourth-order valence-corrected chi connectivity index (χ4v) is 2.47. The van der Waals surface area contributed by atoms with Gasteiger partial charge in [-0.05, 0) is 43.4 Å². The van der Waals surface area contributed by atoms with Gasteiger partial charge in [-0.15, -0.1) is 0 Å². The number of aliphatic hydroxyl groups excluding tert-OH is 1. The first-order valence-electron chi connectivity index (χ1n) is 6.78. The fourth-order valence-electron chi connectivity index (χ4n) is 2.47. The van der Waals surface area contributed by atoms with Crippen LogP contribution in [0.5, 0.6) is 5.75 Å². The minimum absolute atomic E-state index is 0.0751. The van der Waals surface area contributed by atoms with Crippen molar-refractivity contribution in [2.24, 2.45) is 0 Å². The molecule has 1 aliphatic rings. The zero-order chi connectivity index (χ0) is 13.5. The molecule has 2 N–H and O–H groups in total. The molecule has 0 spiro atoms. The summed E-state index contributed by atoms with van der Waals surface area (Å²) in [4.78, 5) is 0. The normalized spacial score (nSPS) is 22.7. The van der Waals surface area contributed by atoms with E-state index < -0.39 is 0 Å². The van der Waals surface area contributed by atoms with Gasteiger partial charge in [-0.3, -0.25) is 0 Å². The molecule has 4 nitrogen and oxygen atoms in total. The number of rotatable bonds is 5. The number of nitriles is 1. The number of hydrogen-bond acceptors (Lipinski definition) is 4. The van der Waals surface area contributed by atoms with E-state index in [0.717, 1.165) is 43.5 Å². The third kappa shape index (κ3) is 4.55. The minimum atomic E-state index is -0.156. The van der Waals surface area contributed by atoms with E-state index in [1.54, 1.807) is 0 Å². The lowest BCUT2D eigenvalue weighted by Crippen LogP contribution is -2.35. The monoisotopic (exact) mass is 260 g/mol. The molecule has 102 valence electrons. The molecular weight excluding hydrogens is 240 g/mol. The van der Waals surface area contributed by atoms with E-state index in [4.69, 9.17) is 10.00 Å². The molecule has 1 aromatic carbocycles. The average molecular weight is 260 g/mol. The molecule has 1 saturated carbocycles. The molecular formula is C15H20N2O2. The second kappa shape index (κ2) is 7.13. The quantitative estimate of drug-likeness (QED) is 0.849. The summed E-state index contributed by atoms with van der Waals surface area (Å²) in [6.07, 6.45) is 3.82. The lowest BCUT2D eigenvalue weighted by Gasteiger charge is -2.26. The second-order valence-corrected chi connectivity index (χ2v) is 4.99. The molecule has 1 aliphatic carbocycles. The predicted octanol–water partition coefficient (Wildman–Crippen LogP) is 1.98. The first-order chi connectivity index (χ1) is 9.28.